The number of rotatable bonds is 0. The van der Waals surface area contributed by atoms with Crippen LogP contribution in [0.5, 0.6) is 0 Å². The van der Waals surface area contributed by atoms with E-state index >= 15 is 0 Å². The fourth-order valence-electron chi connectivity index (χ4n) is 1.41. The van der Waals surface area contributed by atoms with E-state index in [1.165, 1.54) is 0 Å². The number of nitrogens with zero attached hydrogens (tertiary/aromatic N) is 1. The number of allylic oxidation sites excluding steroid dienone is 4. The van der Waals surface area contributed by atoms with E-state index in [9.17, 15) is 4.79 Å². The van der Waals surface area contributed by atoms with Crippen LogP contribution in [0.1, 0.15) is 0 Å². The Balaban J connectivity index is 0.000000149. The molecule has 4 nitrogen and oxygen atoms in total. The zero-order valence-electron chi connectivity index (χ0n) is 9.71. The molecule has 0 atom stereocenters. The number of aromatic nitrogens is 2. The van der Waals surface area contributed by atoms with Crippen LogP contribution < -0.4 is 11.0 Å². The van der Waals surface area contributed by atoms with Crippen LogP contribution in [0.4, 0.5) is 0 Å². The Morgan fingerprint density at radius 3 is 2.44 bits per heavy atom. The summed E-state index contributed by atoms with van der Waals surface area (Å²) < 4.78 is 0. The van der Waals surface area contributed by atoms with Gasteiger partial charge in [0.15, 0.2) is 0 Å². The number of nitrogens with one attached hydrogen (secondary N) is 2. The molecule has 0 radical (unpaired) electrons. The number of H-pyrrole nitrogens is 1. The normalized spacial score (nSPS) is 12.4. The second kappa shape index (κ2) is 6.20. The summed E-state index contributed by atoms with van der Waals surface area (Å²) in [6.45, 7) is 0. The molecule has 0 saturated carbocycles. The molecule has 1 aliphatic heterocycles. The highest BCUT2D eigenvalue weighted by Crippen LogP contribution is 2.05. The summed E-state index contributed by atoms with van der Waals surface area (Å²) >= 11 is 0. The molecular weight excluding hydrogens is 226 g/mol. The van der Waals surface area contributed by atoms with Crippen LogP contribution in [-0.2, 0) is 0 Å². The van der Waals surface area contributed by atoms with Gasteiger partial charge in [-0.3, -0.25) is 0 Å². The van der Waals surface area contributed by atoms with Gasteiger partial charge in [0.1, 0.15) is 0 Å². The van der Waals surface area contributed by atoms with Crippen LogP contribution in [0.3, 0.4) is 0 Å². The summed E-state index contributed by atoms with van der Waals surface area (Å²) in [5, 5.41) is 3.87. The van der Waals surface area contributed by atoms with Crippen LogP contribution in [0.15, 0.2) is 72.0 Å². The molecule has 1 aliphatic rings. The van der Waals surface area contributed by atoms with Gasteiger partial charge in [-0.15, -0.1) is 0 Å². The topological polar surface area (TPSA) is 57.8 Å². The van der Waals surface area contributed by atoms with Crippen molar-refractivity contribution in [2.75, 3.05) is 0 Å². The maximum absolute atomic E-state index is 10.7. The maximum Gasteiger partial charge on any atom is 0.345 e. The van der Waals surface area contributed by atoms with E-state index in [2.05, 4.69) is 15.3 Å². The Labute approximate surface area is 104 Å². The SMILES string of the molecule is C1=CC=CNC=C1.O=c1ncc2ccccc2[nH]1. The predicted octanol–water partition coefficient (Wildman–Crippen LogP) is 2.10. The average Bonchev–Trinajstić information content (AvgIpc) is 2.71. The summed E-state index contributed by atoms with van der Waals surface area (Å²) in [6.07, 6.45) is 13.1. The van der Waals surface area contributed by atoms with Gasteiger partial charge in [0.2, 0.25) is 0 Å². The van der Waals surface area contributed by atoms with Crippen LogP contribution >= 0.6 is 0 Å². The quantitative estimate of drug-likeness (QED) is 0.740. The van der Waals surface area contributed by atoms with Gasteiger partial charge in [0.25, 0.3) is 0 Å². The van der Waals surface area contributed by atoms with Crippen molar-refractivity contribution in [1.29, 1.82) is 0 Å². The Hall–Kier alpha value is -2.62. The molecule has 2 heterocycles. The Morgan fingerprint density at radius 2 is 1.67 bits per heavy atom. The summed E-state index contributed by atoms with van der Waals surface area (Å²) in [7, 11) is 0. The second-order valence-corrected chi connectivity index (χ2v) is 3.55. The predicted molar refractivity (Wildman–Crippen MR) is 72.9 cm³/mol. The van der Waals surface area contributed by atoms with Crippen LogP contribution in [-0.4, -0.2) is 9.97 Å². The largest absolute Gasteiger partial charge is 0.368 e. The Bertz CT molecular complexity index is 639. The Kier molecular flexibility index (Phi) is 4.08. The minimum absolute atomic E-state index is 0.302. The van der Waals surface area contributed by atoms with Gasteiger partial charge < -0.3 is 10.3 Å². The number of benzene rings is 1. The zero-order valence-corrected chi connectivity index (χ0v) is 9.71. The molecule has 1 aromatic heterocycles. The van der Waals surface area contributed by atoms with Gasteiger partial charge >= 0.3 is 5.69 Å². The molecule has 0 amide bonds. The Morgan fingerprint density at radius 1 is 0.944 bits per heavy atom. The first kappa shape index (κ1) is 11.9. The number of hydrogen-bond acceptors (Lipinski definition) is 3. The molecule has 1 aromatic carbocycles. The van der Waals surface area contributed by atoms with Gasteiger partial charge in [-0.25, -0.2) is 9.78 Å². The highest BCUT2D eigenvalue weighted by atomic mass is 16.1. The van der Waals surface area contributed by atoms with Gasteiger partial charge in [0, 0.05) is 24.0 Å². The van der Waals surface area contributed by atoms with E-state index in [1.54, 1.807) is 6.20 Å². The number of fused-ring (bicyclic) bond motifs is 1. The van der Waals surface area contributed by atoms with Crippen LogP contribution in [0, 0.1) is 0 Å². The first-order valence-corrected chi connectivity index (χ1v) is 5.55. The molecule has 4 heteroatoms. The fourth-order valence-corrected chi connectivity index (χ4v) is 1.41. The lowest BCUT2D eigenvalue weighted by atomic mass is 10.2. The van der Waals surface area contributed by atoms with Crippen molar-refractivity contribution in [2.24, 2.45) is 0 Å². The molecule has 2 aromatic rings. The lowest BCUT2D eigenvalue weighted by Crippen LogP contribution is -2.07. The molecule has 18 heavy (non-hydrogen) atoms. The number of para-hydroxylation sites is 1. The summed E-state index contributed by atoms with van der Waals surface area (Å²) in [6, 6.07) is 7.53. The van der Waals surface area contributed by atoms with Crippen LogP contribution in [0.25, 0.3) is 10.9 Å². The minimum atomic E-state index is -0.302. The van der Waals surface area contributed by atoms with E-state index in [0.29, 0.717) is 0 Å². The molecule has 0 spiro atoms. The lowest BCUT2D eigenvalue weighted by molar-refractivity contribution is 1.12. The molecule has 0 aliphatic carbocycles. The molecule has 3 rings (SSSR count). The first-order valence-electron chi connectivity index (χ1n) is 5.55. The molecule has 0 bridgehead atoms. The van der Waals surface area contributed by atoms with Crippen molar-refractivity contribution < 1.29 is 0 Å². The van der Waals surface area contributed by atoms with E-state index in [-0.39, 0.29) is 5.69 Å². The molecule has 0 fully saturated rings. The highest BCUT2D eigenvalue weighted by Gasteiger charge is 1.90. The average molecular weight is 239 g/mol. The zero-order chi connectivity index (χ0) is 12.6. The van der Waals surface area contributed by atoms with Gasteiger partial charge in [-0.2, -0.15) is 0 Å². The van der Waals surface area contributed by atoms with Crippen molar-refractivity contribution in [3.8, 4) is 0 Å². The molecule has 0 saturated heterocycles. The number of hydrogen-bond donors (Lipinski definition) is 2. The maximum atomic E-state index is 10.7. The lowest BCUT2D eigenvalue weighted by Gasteiger charge is -1.92. The molecule has 90 valence electrons. The molecule has 0 unspecified atom stereocenters. The molecular formula is C14H13N3O. The van der Waals surface area contributed by atoms with Crippen molar-refractivity contribution in [1.82, 2.24) is 15.3 Å². The summed E-state index contributed by atoms with van der Waals surface area (Å²) in [5.74, 6) is 0. The first-order chi connectivity index (χ1) is 8.86. The van der Waals surface area contributed by atoms with Gasteiger partial charge in [-0.1, -0.05) is 30.4 Å². The van der Waals surface area contributed by atoms with Crippen molar-refractivity contribution in [2.45, 2.75) is 0 Å². The summed E-state index contributed by atoms with van der Waals surface area (Å²) in [5.41, 5.74) is 0.524. The third kappa shape index (κ3) is 3.45. The van der Waals surface area contributed by atoms with E-state index in [4.69, 9.17) is 0 Å². The van der Waals surface area contributed by atoms with Crippen molar-refractivity contribution >= 4 is 10.9 Å². The van der Waals surface area contributed by atoms with Gasteiger partial charge in [-0.05, 0) is 18.2 Å². The van der Waals surface area contributed by atoms with Crippen molar-refractivity contribution in [3.05, 3.63) is 77.7 Å². The highest BCUT2D eigenvalue weighted by molar-refractivity contribution is 5.76. The van der Waals surface area contributed by atoms with Crippen LogP contribution in [0.2, 0.25) is 0 Å². The van der Waals surface area contributed by atoms with E-state index < -0.39 is 0 Å². The third-order valence-electron chi connectivity index (χ3n) is 2.24. The van der Waals surface area contributed by atoms with E-state index in [1.807, 2.05) is 61.0 Å². The standard InChI is InChI=1S/C8H6N2O.C6H7N/c11-8-9-5-6-3-1-2-4-7(6)10-8;1-2-4-6-7-5-3-1/h1-5H,(H,9,10,11);1-7H. The fraction of sp³-hybridized carbons (Fsp3) is 0. The second-order valence-electron chi connectivity index (χ2n) is 3.55. The summed E-state index contributed by atoms with van der Waals surface area (Å²) in [4.78, 5) is 16.9. The minimum Gasteiger partial charge on any atom is -0.368 e. The molecule has 2 N–H and O–H groups in total. The van der Waals surface area contributed by atoms with Crippen molar-refractivity contribution in [3.63, 3.8) is 0 Å². The third-order valence-corrected chi connectivity index (χ3v) is 2.24. The smallest absolute Gasteiger partial charge is 0.345 e. The monoisotopic (exact) mass is 239 g/mol. The van der Waals surface area contributed by atoms with E-state index in [0.717, 1.165) is 10.9 Å². The van der Waals surface area contributed by atoms with Gasteiger partial charge in [0.05, 0.1) is 5.52 Å². The number of aromatic amines is 1.